The lowest BCUT2D eigenvalue weighted by atomic mass is 10.1. The second kappa shape index (κ2) is 7.33. The number of ether oxygens (including phenoxy) is 2. The summed E-state index contributed by atoms with van der Waals surface area (Å²) < 4.78 is 10.5. The van der Waals surface area contributed by atoms with Crippen LogP contribution in [0, 0.1) is 0 Å². The second-order valence-corrected chi connectivity index (χ2v) is 5.80. The van der Waals surface area contributed by atoms with Crippen LogP contribution in [0.25, 0.3) is 6.08 Å². The molecular formula is C20H18N2O5. The van der Waals surface area contributed by atoms with E-state index < -0.39 is 11.8 Å². The normalized spacial score (nSPS) is 15.1. The summed E-state index contributed by atoms with van der Waals surface area (Å²) in [5.74, 6) is -0.364. The highest BCUT2D eigenvalue weighted by Gasteiger charge is 2.33. The lowest BCUT2D eigenvalue weighted by Gasteiger charge is -2.11. The maximum atomic E-state index is 12.7. The number of phenolic OH excluding ortho intramolecular Hbond substituents is 1. The number of hydrogen-bond acceptors (Lipinski definition) is 6. The van der Waals surface area contributed by atoms with Crippen molar-refractivity contribution in [1.82, 2.24) is 5.01 Å². The van der Waals surface area contributed by atoms with Gasteiger partial charge in [0.2, 0.25) is 0 Å². The topological polar surface area (TPSA) is 88.4 Å². The van der Waals surface area contributed by atoms with Crippen molar-refractivity contribution >= 4 is 23.6 Å². The average molecular weight is 366 g/mol. The number of carbonyl (C=O) groups is 2. The Hall–Kier alpha value is -3.61. The fourth-order valence-electron chi connectivity index (χ4n) is 2.70. The molecule has 2 aromatic rings. The van der Waals surface area contributed by atoms with Gasteiger partial charge in [0, 0.05) is 0 Å². The van der Waals surface area contributed by atoms with E-state index in [0.717, 1.165) is 5.01 Å². The van der Waals surface area contributed by atoms with Gasteiger partial charge in [0.1, 0.15) is 5.75 Å². The van der Waals surface area contributed by atoms with Gasteiger partial charge in [-0.05, 0) is 42.8 Å². The van der Waals surface area contributed by atoms with Crippen molar-refractivity contribution in [1.29, 1.82) is 0 Å². The Kier molecular flexibility index (Phi) is 4.94. The Balaban J connectivity index is 1.93. The van der Waals surface area contributed by atoms with E-state index in [9.17, 15) is 14.7 Å². The van der Waals surface area contributed by atoms with Crippen molar-refractivity contribution in [2.45, 2.75) is 6.92 Å². The summed E-state index contributed by atoms with van der Waals surface area (Å²) in [4.78, 5) is 25.3. The summed E-state index contributed by atoms with van der Waals surface area (Å²) in [6, 6.07) is 11.2. The predicted octanol–water partition coefficient (Wildman–Crippen LogP) is 2.85. The number of aromatic hydroxyl groups is 1. The molecule has 2 amide bonds. The Bertz CT molecular complexity index is 978. The Morgan fingerprint density at radius 2 is 1.81 bits per heavy atom. The van der Waals surface area contributed by atoms with Gasteiger partial charge >= 0.3 is 0 Å². The molecule has 0 aromatic heterocycles. The van der Waals surface area contributed by atoms with Crippen molar-refractivity contribution in [3.63, 3.8) is 0 Å². The summed E-state index contributed by atoms with van der Waals surface area (Å²) in [5.41, 5.74) is 1.39. The molecule has 0 saturated carbocycles. The molecule has 0 aliphatic carbocycles. The van der Waals surface area contributed by atoms with Crippen LogP contribution in [0.15, 0.2) is 53.1 Å². The van der Waals surface area contributed by atoms with Gasteiger partial charge in [0.05, 0.1) is 31.1 Å². The highest BCUT2D eigenvalue weighted by Crippen LogP contribution is 2.30. The minimum atomic E-state index is -0.687. The van der Waals surface area contributed by atoms with Crippen molar-refractivity contribution in [2.75, 3.05) is 14.2 Å². The number of carbonyl (C=O) groups excluding carboxylic acids is 2. The molecule has 0 saturated heterocycles. The third-order valence-electron chi connectivity index (χ3n) is 4.11. The van der Waals surface area contributed by atoms with Crippen LogP contribution in [0.5, 0.6) is 17.2 Å². The van der Waals surface area contributed by atoms with Gasteiger partial charge in [-0.25, -0.2) is 0 Å². The quantitative estimate of drug-likeness (QED) is 0.664. The number of hydrogen-bond donors (Lipinski definition) is 1. The number of methoxy groups -OCH3 is 2. The van der Waals surface area contributed by atoms with Gasteiger partial charge < -0.3 is 14.6 Å². The number of hydrazone groups is 1. The monoisotopic (exact) mass is 366 g/mol. The number of imide groups is 1. The molecule has 27 heavy (non-hydrogen) atoms. The maximum absolute atomic E-state index is 12.7. The smallest absolute Gasteiger partial charge is 0.285 e. The summed E-state index contributed by atoms with van der Waals surface area (Å²) in [5, 5.41) is 14.7. The number of para-hydroxylation sites is 1. The van der Waals surface area contributed by atoms with Crippen molar-refractivity contribution in [3.8, 4) is 17.2 Å². The van der Waals surface area contributed by atoms with Gasteiger partial charge in [0.25, 0.3) is 11.8 Å². The molecule has 1 N–H and O–H groups in total. The Morgan fingerprint density at radius 1 is 1.11 bits per heavy atom. The van der Waals surface area contributed by atoms with Crippen LogP contribution >= 0.6 is 0 Å². The SMILES string of the molecule is COc1ccc(/C=C2\C(=O)N(C(=O)c3ccccc3O)N=C2C)cc1OC. The molecule has 1 aliphatic rings. The van der Waals surface area contributed by atoms with Crippen LogP contribution < -0.4 is 9.47 Å². The minimum Gasteiger partial charge on any atom is -0.507 e. The molecule has 1 heterocycles. The van der Waals surface area contributed by atoms with Crippen molar-refractivity contribution < 1.29 is 24.2 Å². The Morgan fingerprint density at radius 3 is 2.48 bits per heavy atom. The van der Waals surface area contributed by atoms with Crippen LogP contribution in [-0.2, 0) is 4.79 Å². The largest absolute Gasteiger partial charge is 0.507 e. The molecule has 3 rings (SSSR count). The number of benzene rings is 2. The van der Waals surface area contributed by atoms with Gasteiger partial charge in [-0.2, -0.15) is 10.1 Å². The van der Waals surface area contributed by atoms with Crippen molar-refractivity contribution in [2.24, 2.45) is 5.10 Å². The Labute approximate surface area is 156 Å². The summed E-state index contributed by atoms with van der Waals surface area (Å²) in [6.07, 6.45) is 1.63. The fourth-order valence-corrected chi connectivity index (χ4v) is 2.70. The van der Waals surface area contributed by atoms with Crippen LogP contribution in [0.1, 0.15) is 22.8 Å². The third-order valence-corrected chi connectivity index (χ3v) is 4.11. The molecular weight excluding hydrogens is 348 g/mol. The first-order valence-corrected chi connectivity index (χ1v) is 8.12. The van der Waals surface area contributed by atoms with E-state index in [-0.39, 0.29) is 16.9 Å². The molecule has 0 unspecified atom stereocenters. The zero-order chi connectivity index (χ0) is 19.6. The fraction of sp³-hybridized carbons (Fsp3) is 0.150. The summed E-state index contributed by atoms with van der Waals surface area (Å²) in [6.45, 7) is 1.64. The van der Waals surface area contributed by atoms with E-state index in [1.807, 2.05) is 0 Å². The van der Waals surface area contributed by atoms with E-state index in [1.54, 1.807) is 43.3 Å². The zero-order valence-electron chi connectivity index (χ0n) is 15.1. The predicted molar refractivity (Wildman–Crippen MR) is 99.9 cm³/mol. The van der Waals surface area contributed by atoms with E-state index >= 15 is 0 Å². The second-order valence-electron chi connectivity index (χ2n) is 5.80. The third kappa shape index (κ3) is 3.39. The van der Waals surface area contributed by atoms with Gasteiger partial charge in [-0.3, -0.25) is 9.59 Å². The molecule has 138 valence electrons. The van der Waals surface area contributed by atoms with Crippen LogP contribution in [0.3, 0.4) is 0 Å². The van der Waals surface area contributed by atoms with Crippen LogP contribution in [0.2, 0.25) is 0 Å². The van der Waals surface area contributed by atoms with E-state index in [2.05, 4.69) is 5.10 Å². The van der Waals surface area contributed by atoms with Crippen LogP contribution in [0.4, 0.5) is 0 Å². The van der Waals surface area contributed by atoms with Gasteiger partial charge in [-0.15, -0.1) is 0 Å². The van der Waals surface area contributed by atoms with Crippen LogP contribution in [-0.4, -0.2) is 41.9 Å². The maximum Gasteiger partial charge on any atom is 0.285 e. The molecule has 2 aromatic carbocycles. The lowest BCUT2D eigenvalue weighted by Crippen LogP contribution is -2.29. The number of amides is 2. The molecule has 0 spiro atoms. The first-order valence-electron chi connectivity index (χ1n) is 8.12. The highest BCUT2D eigenvalue weighted by atomic mass is 16.5. The van der Waals surface area contributed by atoms with E-state index in [1.165, 1.54) is 26.4 Å². The standard InChI is InChI=1S/C20H18N2O5/c1-12-15(10-13-8-9-17(26-2)18(11-13)27-3)20(25)22(21-12)19(24)14-6-4-5-7-16(14)23/h4-11,23H,1-3H3/b15-10-. The van der Waals surface area contributed by atoms with Gasteiger partial charge in [0.15, 0.2) is 11.5 Å². The molecule has 0 bridgehead atoms. The van der Waals surface area contributed by atoms with Gasteiger partial charge in [-0.1, -0.05) is 18.2 Å². The summed E-state index contributed by atoms with van der Waals surface area (Å²) in [7, 11) is 3.06. The number of rotatable bonds is 4. The minimum absolute atomic E-state index is 0.00904. The molecule has 0 atom stereocenters. The lowest BCUT2D eigenvalue weighted by molar-refractivity contribution is -0.123. The number of phenols is 1. The van der Waals surface area contributed by atoms with E-state index in [4.69, 9.17) is 9.47 Å². The van der Waals surface area contributed by atoms with Crippen molar-refractivity contribution in [3.05, 3.63) is 59.2 Å². The first-order chi connectivity index (χ1) is 13.0. The average Bonchev–Trinajstić information content (AvgIpc) is 2.96. The van der Waals surface area contributed by atoms with E-state index in [0.29, 0.717) is 22.8 Å². The molecule has 0 fully saturated rings. The molecule has 7 nitrogen and oxygen atoms in total. The zero-order valence-corrected chi connectivity index (χ0v) is 15.1. The summed E-state index contributed by atoms with van der Waals surface area (Å²) >= 11 is 0. The molecule has 0 radical (unpaired) electrons. The highest BCUT2D eigenvalue weighted by molar-refractivity contribution is 6.30. The number of nitrogens with zero attached hydrogens (tertiary/aromatic N) is 2. The molecule has 1 aliphatic heterocycles. The first kappa shape index (κ1) is 18.2. The molecule has 7 heteroatoms.